The summed E-state index contributed by atoms with van der Waals surface area (Å²) >= 11 is 0. The van der Waals surface area contributed by atoms with Crippen molar-refractivity contribution in [2.24, 2.45) is 0 Å². The second-order valence-electron chi connectivity index (χ2n) is 5.33. The van der Waals surface area contributed by atoms with Crippen molar-refractivity contribution in [3.8, 4) is 5.75 Å². The molecule has 2 aromatic carbocycles. The number of benzene rings is 2. The third-order valence-electron chi connectivity index (χ3n) is 3.87. The fourth-order valence-corrected chi connectivity index (χ4v) is 2.65. The quantitative estimate of drug-likeness (QED) is 0.813. The Morgan fingerprint density at radius 3 is 2.50 bits per heavy atom. The van der Waals surface area contributed by atoms with Gasteiger partial charge in [0, 0.05) is 18.7 Å². The van der Waals surface area contributed by atoms with Crippen molar-refractivity contribution in [3.05, 3.63) is 60.2 Å². The monoisotopic (exact) mass is 297 g/mol. The van der Waals surface area contributed by atoms with Crippen molar-refractivity contribution in [2.75, 3.05) is 25.1 Å². The molecule has 2 aromatic rings. The zero-order valence-corrected chi connectivity index (χ0v) is 12.6. The molecule has 4 heteroatoms. The van der Waals surface area contributed by atoms with E-state index in [4.69, 9.17) is 9.47 Å². The molecule has 1 aliphatic rings. The molecule has 0 N–H and O–H groups in total. The first-order valence-electron chi connectivity index (χ1n) is 7.41. The summed E-state index contributed by atoms with van der Waals surface area (Å²) in [5, 5.41) is 0. The lowest BCUT2D eigenvalue weighted by Gasteiger charge is -2.19. The van der Waals surface area contributed by atoms with Gasteiger partial charge in [0.15, 0.2) is 0 Å². The van der Waals surface area contributed by atoms with Crippen LogP contribution in [0.15, 0.2) is 54.6 Å². The number of rotatable bonds is 4. The summed E-state index contributed by atoms with van der Waals surface area (Å²) in [7, 11) is 1.66. The minimum absolute atomic E-state index is 0.0604. The molecule has 4 nitrogen and oxygen atoms in total. The average Bonchev–Trinajstić information content (AvgIpc) is 3.04. The first-order valence-corrected chi connectivity index (χ1v) is 7.41. The number of methoxy groups -OCH3 is 1. The highest BCUT2D eigenvalue weighted by molar-refractivity contribution is 5.89. The van der Waals surface area contributed by atoms with Crippen molar-refractivity contribution in [1.82, 2.24) is 0 Å². The van der Waals surface area contributed by atoms with Crippen LogP contribution in [0.25, 0.3) is 0 Å². The minimum Gasteiger partial charge on any atom is -0.497 e. The Morgan fingerprint density at radius 2 is 1.82 bits per heavy atom. The summed E-state index contributed by atoms with van der Waals surface area (Å²) in [6.45, 7) is 1.62. The standard InChI is InChI=1S/C18H19NO3/c1-21-16-9-7-15(8-10-16)19-12-11-17(13-19)22-18(20)14-5-3-2-4-6-14/h2-10,17H,11-13H2,1H3. The molecule has 22 heavy (non-hydrogen) atoms. The minimum atomic E-state index is -0.248. The molecule has 0 amide bonds. The molecule has 1 heterocycles. The summed E-state index contributed by atoms with van der Waals surface area (Å²) in [6.07, 6.45) is 0.791. The third-order valence-corrected chi connectivity index (χ3v) is 3.87. The average molecular weight is 297 g/mol. The number of nitrogens with zero attached hydrogens (tertiary/aromatic N) is 1. The lowest BCUT2D eigenvalue weighted by molar-refractivity contribution is 0.0348. The molecular formula is C18H19NO3. The number of hydrogen-bond acceptors (Lipinski definition) is 4. The molecule has 0 saturated carbocycles. The fourth-order valence-electron chi connectivity index (χ4n) is 2.65. The molecule has 114 valence electrons. The molecule has 0 spiro atoms. The number of anilines is 1. The maximum absolute atomic E-state index is 12.1. The number of esters is 1. The van der Waals surface area contributed by atoms with Gasteiger partial charge in [0.25, 0.3) is 0 Å². The maximum Gasteiger partial charge on any atom is 0.338 e. The first kappa shape index (κ1) is 14.4. The Kier molecular flexibility index (Phi) is 4.28. The highest BCUT2D eigenvalue weighted by atomic mass is 16.5. The smallest absolute Gasteiger partial charge is 0.338 e. The Morgan fingerprint density at radius 1 is 1.09 bits per heavy atom. The first-order chi connectivity index (χ1) is 10.8. The number of hydrogen-bond donors (Lipinski definition) is 0. The molecule has 0 radical (unpaired) electrons. The highest BCUT2D eigenvalue weighted by Crippen LogP contribution is 2.24. The highest BCUT2D eigenvalue weighted by Gasteiger charge is 2.26. The van der Waals surface area contributed by atoms with E-state index in [2.05, 4.69) is 4.90 Å². The van der Waals surface area contributed by atoms with E-state index in [0.29, 0.717) is 5.56 Å². The van der Waals surface area contributed by atoms with Gasteiger partial charge in [0.2, 0.25) is 0 Å². The van der Waals surface area contributed by atoms with Gasteiger partial charge in [-0.05, 0) is 36.4 Å². The summed E-state index contributed by atoms with van der Waals surface area (Å²) in [5.74, 6) is 0.595. The van der Waals surface area contributed by atoms with Gasteiger partial charge in [-0.3, -0.25) is 0 Å². The van der Waals surface area contributed by atoms with E-state index in [-0.39, 0.29) is 12.1 Å². The number of carbonyl (C=O) groups excluding carboxylic acids is 1. The second kappa shape index (κ2) is 6.52. The maximum atomic E-state index is 12.1. The predicted octanol–water partition coefficient (Wildman–Crippen LogP) is 3.13. The van der Waals surface area contributed by atoms with E-state index in [9.17, 15) is 4.79 Å². The van der Waals surface area contributed by atoms with Gasteiger partial charge in [-0.15, -0.1) is 0 Å². The van der Waals surface area contributed by atoms with Crippen LogP contribution in [0, 0.1) is 0 Å². The van der Waals surface area contributed by atoms with Gasteiger partial charge in [-0.2, -0.15) is 0 Å². The van der Waals surface area contributed by atoms with Gasteiger partial charge in [-0.1, -0.05) is 18.2 Å². The van der Waals surface area contributed by atoms with E-state index in [1.807, 2.05) is 42.5 Å². The molecule has 0 aliphatic carbocycles. The molecule has 1 atom stereocenters. The zero-order valence-electron chi connectivity index (χ0n) is 12.6. The van der Waals surface area contributed by atoms with Gasteiger partial charge in [0.1, 0.15) is 11.9 Å². The molecule has 1 unspecified atom stereocenters. The third kappa shape index (κ3) is 3.22. The Hall–Kier alpha value is -2.49. The van der Waals surface area contributed by atoms with E-state index in [1.165, 1.54) is 0 Å². The summed E-state index contributed by atoms with van der Waals surface area (Å²) in [6, 6.07) is 17.1. The van der Waals surface area contributed by atoms with Gasteiger partial charge in [0.05, 0.1) is 19.2 Å². The molecule has 1 saturated heterocycles. The van der Waals surface area contributed by atoms with Crippen LogP contribution in [-0.2, 0) is 4.74 Å². The van der Waals surface area contributed by atoms with Gasteiger partial charge < -0.3 is 14.4 Å². The lowest BCUT2D eigenvalue weighted by Crippen LogP contribution is -2.24. The second-order valence-corrected chi connectivity index (χ2v) is 5.33. The fraction of sp³-hybridized carbons (Fsp3) is 0.278. The largest absolute Gasteiger partial charge is 0.497 e. The molecule has 0 aromatic heterocycles. The summed E-state index contributed by atoms with van der Waals surface area (Å²) in [5.41, 5.74) is 1.73. The molecule has 1 fully saturated rings. The van der Waals surface area contributed by atoms with Crippen LogP contribution in [-0.4, -0.2) is 32.3 Å². The van der Waals surface area contributed by atoms with E-state index < -0.39 is 0 Å². The Bertz CT molecular complexity index is 625. The van der Waals surface area contributed by atoms with Crippen LogP contribution in [0.4, 0.5) is 5.69 Å². The van der Waals surface area contributed by atoms with E-state index in [0.717, 1.165) is 30.9 Å². The van der Waals surface area contributed by atoms with Crippen LogP contribution in [0.3, 0.4) is 0 Å². The number of ether oxygens (including phenoxy) is 2. The molecular weight excluding hydrogens is 278 g/mol. The normalized spacial score (nSPS) is 17.3. The summed E-state index contributed by atoms with van der Waals surface area (Å²) in [4.78, 5) is 14.3. The number of carbonyl (C=O) groups is 1. The molecule has 1 aliphatic heterocycles. The van der Waals surface area contributed by atoms with Crippen LogP contribution in [0.2, 0.25) is 0 Å². The van der Waals surface area contributed by atoms with Crippen molar-refractivity contribution < 1.29 is 14.3 Å². The van der Waals surface area contributed by atoms with Crippen LogP contribution in [0.1, 0.15) is 16.8 Å². The van der Waals surface area contributed by atoms with Crippen molar-refractivity contribution in [1.29, 1.82) is 0 Å². The molecule has 0 bridgehead atoms. The van der Waals surface area contributed by atoms with E-state index >= 15 is 0 Å². The Balaban J connectivity index is 1.59. The zero-order chi connectivity index (χ0) is 15.4. The van der Waals surface area contributed by atoms with Crippen LogP contribution < -0.4 is 9.64 Å². The van der Waals surface area contributed by atoms with Gasteiger partial charge >= 0.3 is 5.97 Å². The van der Waals surface area contributed by atoms with E-state index in [1.54, 1.807) is 19.2 Å². The Labute approximate surface area is 130 Å². The van der Waals surface area contributed by atoms with Crippen molar-refractivity contribution >= 4 is 11.7 Å². The summed E-state index contributed by atoms with van der Waals surface area (Å²) < 4.78 is 10.8. The SMILES string of the molecule is COc1ccc(N2CCC(OC(=O)c3ccccc3)C2)cc1. The predicted molar refractivity (Wildman–Crippen MR) is 85.5 cm³/mol. The van der Waals surface area contributed by atoms with Crippen LogP contribution in [0.5, 0.6) is 5.75 Å². The molecule has 3 rings (SSSR count). The lowest BCUT2D eigenvalue weighted by atomic mass is 10.2. The van der Waals surface area contributed by atoms with Crippen LogP contribution >= 0.6 is 0 Å². The van der Waals surface area contributed by atoms with Crippen molar-refractivity contribution in [2.45, 2.75) is 12.5 Å². The topological polar surface area (TPSA) is 38.8 Å². The van der Waals surface area contributed by atoms with Gasteiger partial charge in [-0.25, -0.2) is 4.79 Å². The van der Waals surface area contributed by atoms with Crippen molar-refractivity contribution in [3.63, 3.8) is 0 Å².